The Morgan fingerprint density at radius 3 is 2.36 bits per heavy atom. The zero-order chi connectivity index (χ0) is 8.85. The molecule has 0 bridgehead atoms. The lowest BCUT2D eigenvalue weighted by Gasteiger charge is -1.94. The van der Waals surface area contributed by atoms with E-state index in [1.165, 1.54) is 6.20 Å². The van der Waals surface area contributed by atoms with Crippen molar-refractivity contribution in [1.82, 2.24) is 4.98 Å². The highest BCUT2D eigenvalue weighted by atomic mass is 19.1. The molecule has 0 amide bonds. The van der Waals surface area contributed by atoms with Gasteiger partial charge in [-0.2, -0.15) is 4.39 Å². The Hall–Kier alpha value is -1.12. The molecule has 1 heterocycles. The smallest absolute Gasteiger partial charge is 0.255 e. The van der Waals surface area contributed by atoms with E-state index in [1.54, 1.807) is 13.0 Å². The van der Waals surface area contributed by atoms with E-state index >= 15 is 0 Å². The van der Waals surface area contributed by atoms with Gasteiger partial charge in [0.1, 0.15) is 0 Å². The van der Waals surface area contributed by atoms with Crippen LogP contribution in [0.4, 0.5) is 4.39 Å². The summed E-state index contributed by atoms with van der Waals surface area (Å²) in [4.78, 5) is 3.22. The molecule has 1 aromatic heterocycles. The van der Waals surface area contributed by atoms with Crippen LogP contribution < -0.4 is 0 Å². The highest BCUT2D eigenvalue weighted by Crippen LogP contribution is 2.15. The summed E-state index contributed by atoms with van der Waals surface area (Å²) in [6.45, 7) is 5.61. The number of hydrogen-bond donors (Lipinski definition) is 1. The van der Waals surface area contributed by atoms with Crippen LogP contribution in [0.5, 0.6) is 5.75 Å². The second-order valence-corrected chi connectivity index (χ2v) is 1.77. The van der Waals surface area contributed by atoms with Crippen molar-refractivity contribution in [2.24, 2.45) is 0 Å². The molecule has 0 fully saturated rings. The molecule has 0 aliphatic rings. The van der Waals surface area contributed by atoms with Crippen molar-refractivity contribution < 1.29 is 9.50 Å². The molecule has 0 saturated heterocycles. The normalized spacial score (nSPS) is 8.36. The van der Waals surface area contributed by atoms with Gasteiger partial charge in [-0.15, -0.1) is 0 Å². The van der Waals surface area contributed by atoms with Gasteiger partial charge in [-0.25, -0.2) is 4.98 Å². The third-order valence-corrected chi connectivity index (χ3v) is 1.08. The molecule has 0 aromatic carbocycles. The molecule has 62 valence electrons. The summed E-state index contributed by atoms with van der Waals surface area (Å²) in [5.74, 6) is -1.17. The minimum atomic E-state index is -0.810. The Labute approximate surface area is 65.7 Å². The maximum absolute atomic E-state index is 12.2. The lowest BCUT2D eigenvalue weighted by molar-refractivity contribution is 0.415. The van der Waals surface area contributed by atoms with Crippen LogP contribution in [-0.2, 0) is 0 Å². The van der Waals surface area contributed by atoms with E-state index in [9.17, 15) is 4.39 Å². The second kappa shape index (κ2) is 4.66. The van der Waals surface area contributed by atoms with Gasteiger partial charge < -0.3 is 5.11 Å². The summed E-state index contributed by atoms with van der Waals surface area (Å²) in [7, 11) is 0. The van der Waals surface area contributed by atoms with Crippen molar-refractivity contribution in [2.75, 3.05) is 0 Å². The number of hydrogen-bond acceptors (Lipinski definition) is 2. The van der Waals surface area contributed by atoms with E-state index < -0.39 is 5.95 Å². The van der Waals surface area contributed by atoms with Crippen molar-refractivity contribution in [2.45, 2.75) is 20.8 Å². The standard InChI is InChI=1S/C6H6FNO.C2H6/c1-4-2-3-8-6(7)5(4)9;1-2/h2-3,9H,1H3;1-2H3. The maximum atomic E-state index is 12.2. The lowest BCUT2D eigenvalue weighted by atomic mass is 10.3. The molecular weight excluding hydrogens is 145 g/mol. The number of halogens is 1. The van der Waals surface area contributed by atoms with Crippen molar-refractivity contribution in [3.8, 4) is 5.75 Å². The molecule has 1 N–H and O–H groups in total. The summed E-state index contributed by atoms with van der Waals surface area (Å²) in [6.07, 6.45) is 1.31. The Balaban J connectivity index is 0.000000461. The quantitative estimate of drug-likeness (QED) is 0.586. The van der Waals surface area contributed by atoms with Crippen LogP contribution in [0.2, 0.25) is 0 Å². The number of pyridine rings is 1. The number of aryl methyl sites for hydroxylation is 1. The molecule has 0 saturated carbocycles. The predicted octanol–water partition coefficient (Wildman–Crippen LogP) is 2.26. The summed E-state index contributed by atoms with van der Waals surface area (Å²) >= 11 is 0. The molecule has 3 heteroatoms. The fourth-order valence-electron chi connectivity index (χ4n) is 0.517. The summed E-state index contributed by atoms with van der Waals surface area (Å²) in [6, 6.07) is 1.54. The third kappa shape index (κ3) is 2.53. The van der Waals surface area contributed by atoms with Crippen LogP contribution in [0.25, 0.3) is 0 Å². The number of nitrogens with zero attached hydrogens (tertiary/aromatic N) is 1. The largest absolute Gasteiger partial charge is 0.503 e. The average molecular weight is 157 g/mol. The first-order valence-corrected chi connectivity index (χ1v) is 3.52. The fraction of sp³-hybridized carbons (Fsp3) is 0.375. The Kier molecular flexibility index (Phi) is 4.18. The predicted molar refractivity (Wildman–Crippen MR) is 41.9 cm³/mol. The third-order valence-electron chi connectivity index (χ3n) is 1.08. The zero-order valence-corrected chi connectivity index (χ0v) is 6.93. The molecule has 0 aliphatic heterocycles. The first-order chi connectivity index (χ1) is 5.22. The van der Waals surface area contributed by atoms with Gasteiger partial charge in [0.15, 0.2) is 5.75 Å². The molecule has 1 aromatic rings. The van der Waals surface area contributed by atoms with Crippen molar-refractivity contribution in [3.05, 3.63) is 23.8 Å². The van der Waals surface area contributed by atoms with E-state index in [1.807, 2.05) is 13.8 Å². The van der Waals surface area contributed by atoms with Gasteiger partial charge in [0.25, 0.3) is 5.95 Å². The number of aromatic nitrogens is 1. The second-order valence-electron chi connectivity index (χ2n) is 1.77. The first kappa shape index (κ1) is 9.88. The van der Waals surface area contributed by atoms with Gasteiger partial charge in [0, 0.05) is 6.20 Å². The molecule has 11 heavy (non-hydrogen) atoms. The average Bonchev–Trinajstić information content (AvgIpc) is 2.04. The molecule has 0 unspecified atom stereocenters. The summed E-state index contributed by atoms with van der Waals surface area (Å²) in [5, 5.41) is 8.77. The highest BCUT2D eigenvalue weighted by Gasteiger charge is 2.01. The minimum Gasteiger partial charge on any atom is -0.503 e. The number of aromatic hydroxyl groups is 1. The molecule has 1 rings (SSSR count). The van der Waals surface area contributed by atoms with Crippen molar-refractivity contribution in [3.63, 3.8) is 0 Å². The number of rotatable bonds is 0. The van der Waals surface area contributed by atoms with E-state index in [2.05, 4.69) is 4.98 Å². The monoisotopic (exact) mass is 157 g/mol. The first-order valence-electron chi connectivity index (χ1n) is 3.52. The molecule has 2 nitrogen and oxygen atoms in total. The van der Waals surface area contributed by atoms with Crippen LogP contribution in [0.1, 0.15) is 19.4 Å². The zero-order valence-electron chi connectivity index (χ0n) is 6.93. The summed E-state index contributed by atoms with van der Waals surface area (Å²) < 4.78 is 12.2. The lowest BCUT2D eigenvalue weighted by Crippen LogP contribution is -1.83. The molecule has 0 radical (unpaired) electrons. The Morgan fingerprint density at radius 2 is 2.00 bits per heavy atom. The van der Waals surface area contributed by atoms with Crippen LogP contribution >= 0.6 is 0 Å². The SMILES string of the molecule is CC.Cc1ccnc(F)c1O. The highest BCUT2D eigenvalue weighted by molar-refractivity contribution is 5.27. The maximum Gasteiger partial charge on any atom is 0.255 e. The van der Waals surface area contributed by atoms with Gasteiger partial charge in [0.2, 0.25) is 0 Å². The van der Waals surface area contributed by atoms with E-state index in [0.29, 0.717) is 5.56 Å². The van der Waals surface area contributed by atoms with Gasteiger partial charge >= 0.3 is 0 Å². The van der Waals surface area contributed by atoms with Crippen LogP contribution in [0, 0.1) is 12.9 Å². The van der Waals surface area contributed by atoms with E-state index in [0.717, 1.165) is 0 Å². The van der Waals surface area contributed by atoms with E-state index in [4.69, 9.17) is 5.11 Å². The fourth-order valence-corrected chi connectivity index (χ4v) is 0.517. The van der Waals surface area contributed by atoms with Gasteiger partial charge in [-0.3, -0.25) is 0 Å². The molecule has 0 aliphatic carbocycles. The Morgan fingerprint density at radius 1 is 1.45 bits per heavy atom. The van der Waals surface area contributed by atoms with Gasteiger partial charge in [-0.1, -0.05) is 13.8 Å². The Bertz CT molecular complexity index is 205. The van der Waals surface area contributed by atoms with Crippen molar-refractivity contribution >= 4 is 0 Å². The van der Waals surface area contributed by atoms with Crippen LogP contribution in [-0.4, -0.2) is 10.1 Å². The summed E-state index contributed by atoms with van der Waals surface area (Å²) in [5.41, 5.74) is 0.502. The molecular formula is C8H12FNO. The molecule has 0 spiro atoms. The van der Waals surface area contributed by atoms with Crippen LogP contribution in [0.15, 0.2) is 12.3 Å². The van der Waals surface area contributed by atoms with Crippen LogP contribution in [0.3, 0.4) is 0 Å². The molecule has 0 atom stereocenters. The van der Waals surface area contributed by atoms with Gasteiger partial charge in [0.05, 0.1) is 0 Å². The van der Waals surface area contributed by atoms with E-state index in [-0.39, 0.29) is 5.75 Å². The topological polar surface area (TPSA) is 33.1 Å². The minimum absolute atomic E-state index is 0.363. The van der Waals surface area contributed by atoms with Crippen molar-refractivity contribution in [1.29, 1.82) is 0 Å². The van der Waals surface area contributed by atoms with Gasteiger partial charge in [-0.05, 0) is 18.6 Å².